The minimum absolute atomic E-state index is 0.101. The van der Waals surface area contributed by atoms with Gasteiger partial charge in [0.25, 0.3) is 5.91 Å². The lowest BCUT2D eigenvalue weighted by Gasteiger charge is -2.33. The van der Waals surface area contributed by atoms with Crippen LogP contribution in [0.5, 0.6) is 0 Å². The lowest BCUT2D eigenvalue weighted by molar-refractivity contribution is -0.148. The lowest BCUT2D eigenvalue weighted by atomic mass is 9.98. The Hall–Kier alpha value is -3.39. The molecule has 0 heterocycles. The highest BCUT2D eigenvalue weighted by Crippen LogP contribution is 2.44. The average Bonchev–Trinajstić information content (AvgIpc) is 3.09. The smallest absolute Gasteiger partial charge is 0.408 e. The fourth-order valence-electron chi connectivity index (χ4n) is 4.14. The van der Waals surface area contributed by atoms with Gasteiger partial charge in [-0.3, -0.25) is 9.59 Å². The molecule has 2 aromatic carbocycles. The van der Waals surface area contributed by atoms with Gasteiger partial charge in [-0.1, -0.05) is 48.5 Å². The molecular formula is C24H28N2O6. The van der Waals surface area contributed by atoms with Gasteiger partial charge in [0.2, 0.25) is 0 Å². The number of carboxylic acids is 1. The van der Waals surface area contributed by atoms with Crippen molar-refractivity contribution in [1.82, 2.24) is 10.2 Å². The van der Waals surface area contributed by atoms with Crippen LogP contribution in [0.15, 0.2) is 48.5 Å². The van der Waals surface area contributed by atoms with Crippen LogP contribution in [-0.2, 0) is 19.1 Å². The van der Waals surface area contributed by atoms with Crippen molar-refractivity contribution in [3.8, 4) is 11.1 Å². The molecule has 1 atom stereocenters. The summed E-state index contributed by atoms with van der Waals surface area (Å²) in [5, 5.41) is 11.7. The summed E-state index contributed by atoms with van der Waals surface area (Å²) >= 11 is 0. The molecule has 0 radical (unpaired) electrons. The van der Waals surface area contributed by atoms with Gasteiger partial charge in [-0.15, -0.1) is 0 Å². The Kier molecular flexibility index (Phi) is 7.15. The molecular weight excluding hydrogens is 412 g/mol. The summed E-state index contributed by atoms with van der Waals surface area (Å²) < 4.78 is 10.7. The predicted molar refractivity (Wildman–Crippen MR) is 118 cm³/mol. The summed E-state index contributed by atoms with van der Waals surface area (Å²) in [4.78, 5) is 37.9. The number of aliphatic carboxylic acids is 1. The molecule has 3 rings (SSSR count). The molecule has 0 spiro atoms. The van der Waals surface area contributed by atoms with Gasteiger partial charge < -0.3 is 24.8 Å². The van der Waals surface area contributed by atoms with E-state index in [1.54, 1.807) is 6.92 Å². The molecule has 1 aliphatic rings. The number of hydrogen-bond acceptors (Lipinski definition) is 5. The monoisotopic (exact) mass is 440 g/mol. The first-order chi connectivity index (χ1) is 15.3. The van der Waals surface area contributed by atoms with E-state index in [0.717, 1.165) is 27.2 Å². The van der Waals surface area contributed by atoms with E-state index in [9.17, 15) is 14.4 Å². The van der Waals surface area contributed by atoms with Crippen molar-refractivity contribution in [2.45, 2.75) is 25.3 Å². The van der Waals surface area contributed by atoms with E-state index in [4.69, 9.17) is 14.6 Å². The zero-order valence-electron chi connectivity index (χ0n) is 18.5. The van der Waals surface area contributed by atoms with Gasteiger partial charge in [0, 0.05) is 19.6 Å². The number of ether oxygens (including phenoxy) is 2. The van der Waals surface area contributed by atoms with E-state index < -0.39 is 30.1 Å². The molecule has 1 unspecified atom stereocenters. The van der Waals surface area contributed by atoms with Crippen molar-refractivity contribution in [2.24, 2.45) is 0 Å². The second kappa shape index (κ2) is 9.82. The lowest BCUT2D eigenvalue weighted by Crippen LogP contribution is -2.61. The minimum atomic E-state index is -1.47. The van der Waals surface area contributed by atoms with E-state index >= 15 is 0 Å². The second-order valence-corrected chi connectivity index (χ2v) is 7.93. The molecule has 0 aromatic heterocycles. The number of rotatable bonds is 9. The van der Waals surface area contributed by atoms with Crippen LogP contribution >= 0.6 is 0 Å². The van der Waals surface area contributed by atoms with Gasteiger partial charge in [-0.05, 0) is 36.1 Å². The molecule has 0 bridgehead atoms. The fraction of sp³-hybridized carbons (Fsp3) is 0.375. The number of alkyl carbamates (subject to hydrolysis) is 1. The maximum absolute atomic E-state index is 13.0. The third-order valence-electron chi connectivity index (χ3n) is 5.62. The Morgan fingerprint density at radius 3 is 2.12 bits per heavy atom. The number of nitrogens with one attached hydrogen (secondary N) is 1. The Morgan fingerprint density at radius 1 is 1.06 bits per heavy atom. The quantitative estimate of drug-likeness (QED) is 0.621. The third kappa shape index (κ3) is 4.75. The zero-order chi connectivity index (χ0) is 23.3. The maximum atomic E-state index is 13.0. The Morgan fingerprint density at radius 2 is 1.62 bits per heavy atom. The van der Waals surface area contributed by atoms with Gasteiger partial charge in [-0.25, -0.2) is 4.79 Å². The summed E-state index contributed by atoms with van der Waals surface area (Å²) in [6.45, 7) is 2.83. The largest absolute Gasteiger partial charge is 0.480 e. The summed E-state index contributed by atoms with van der Waals surface area (Å²) in [5.41, 5.74) is 2.92. The van der Waals surface area contributed by atoms with Crippen molar-refractivity contribution in [3.05, 3.63) is 59.7 Å². The van der Waals surface area contributed by atoms with Crippen LogP contribution < -0.4 is 5.32 Å². The normalized spacial score (nSPS) is 14.1. The first kappa shape index (κ1) is 23.3. The van der Waals surface area contributed by atoms with Gasteiger partial charge in [-0.2, -0.15) is 0 Å². The van der Waals surface area contributed by atoms with Crippen LogP contribution in [0, 0.1) is 0 Å². The van der Waals surface area contributed by atoms with Crippen LogP contribution in [0.25, 0.3) is 11.1 Å². The van der Waals surface area contributed by atoms with Crippen molar-refractivity contribution in [1.29, 1.82) is 0 Å². The standard InChI is InChI=1S/C24H28N2O6/c1-4-26(13-21(27)28)22(29)24(2,15-31-3)25-23(30)32-14-20-18-11-7-5-9-16(18)17-10-6-8-12-19(17)20/h5-12,20H,4,13-15H2,1-3H3,(H,25,30)(H,27,28). The maximum Gasteiger partial charge on any atom is 0.408 e. The van der Waals surface area contributed by atoms with Crippen LogP contribution in [0.1, 0.15) is 30.9 Å². The fourth-order valence-corrected chi connectivity index (χ4v) is 4.14. The van der Waals surface area contributed by atoms with Crippen LogP contribution in [0.2, 0.25) is 0 Å². The number of carbonyl (C=O) groups excluding carboxylic acids is 2. The molecule has 1 aliphatic carbocycles. The Labute approximate surface area is 187 Å². The van der Waals surface area contributed by atoms with E-state index in [2.05, 4.69) is 5.32 Å². The molecule has 32 heavy (non-hydrogen) atoms. The zero-order valence-corrected chi connectivity index (χ0v) is 18.5. The number of fused-ring (bicyclic) bond motifs is 3. The number of methoxy groups -OCH3 is 1. The topological polar surface area (TPSA) is 105 Å². The summed E-state index contributed by atoms with van der Waals surface area (Å²) in [5.74, 6) is -1.81. The van der Waals surface area contributed by atoms with Gasteiger partial charge in [0.1, 0.15) is 18.7 Å². The highest BCUT2D eigenvalue weighted by Gasteiger charge is 2.39. The Balaban J connectivity index is 1.72. The van der Waals surface area contributed by atoms with E-state index in [0.29, 0.717) is 0 Å². The van der Waals surface area contributed by atoms with Crippen molar-refractivity contribution >= 4 is 18.0 Å². The first-order valence-corrected chi connectivity index (χ1v) is 10.4. The van der Waals surface area contributed by atoms with E-state index in [1.807, 2.05) is 48.5 Å². The van der Waals surface area contributed by atoms with Gasteiger partial charge in [0.05, 0.1) is 6.61 Å². The first-order valence-electron chi connectivity index (χ1n) is 10.4. The van der Waals surface area contributed by atoms with Crippen molar-refractivity contribution in [2.75, 3.05) is 33.4 Å². The molecule has 2 amide bonds. The van der Waals surface area contributed by atoms with Crippen molar-refractivity contribution in [3.63, 3.8) is 0 Å². The summed E-state index contributed by atoms with van der Waals surface area (Å²) in [6, 6.07) is 16.0. The third-order valence-corrected chi connectivity index (χ3v) is 5.62. The number of carbonyl (C=O) groups is 3. The van der Waals surface area contributed by atoms with Crippen LogP contribution in [0.3, 0.4) is 0 Å². The molecule has 0 saturated carbocycles. The molecule has 8 nitrogen and oxygen atoms in total. The average molecular weight is 440 g/mol. The number of carboxylic acid groups (broad SMARTS) is 1. The molecule has 0 saturated heterocycles. The summed E-state index contributed by atoms with van der Waals surface area (Å²) in [6.07, 6.45) is -0.772. The molecule has 0 aliphatic heterocycles. The number of nitrogens with zero attached hydrogens (tertiary/aromatic N) is 1. The summed E-state index contributed by atoms with van der Waals surface area (Å²) in [7, 11) is 1.40. The highest BCUT2D eigenvalue weighted by molar-refractivity contribution is 5.91. The number of likely N-dealkylation sites (N-methyl/N-ethyl adjacent to an activating group) is 1. The molecule has 8 heteroatoms. The molecule has 170 valence electrons. The van der Waals surface area contributed by atoms with Gasteiger partial charge in [0.15, 0.2) is 0 Å². The SMILES string of the molecule is CCN(CC(=O)O)C(=O)C(C)(COC)NC(=O)OCC1c2ccccc2-c2ccccc21. The molecule has 0 fully saturated rings. The number of amides is 2. The minimum Gasteiger partial charge on any atom is -0.480 e. The Bertz CT molecular complexity index is 962. The van der Waals surface area contributed by atoms with Crippen LogP contribution in [-0.4, -0.2) is 66.9 Å². The van der Waals surface area contributed by atoms with E-state index in [1.165, 1.54) is 14.0 Å². The number of benzene rings is 2. The molecule has 2 N–H and O–H groups in total. The predicted octanol–water partition coefficient (Wildman–Crippen LogP) is 2.86. The van der Waals surface area contributed by atoms with Gasteiger partial charge >= 0.3 is 12.1 Å². The second-order valence-electron chi connectivity index (χ2n) is 7.93. The molecule has 2 aromatic rings. The number of hydrogen-bond donors (Lipinski definition) is 2. The van der Waals surface area contributed by atoms with Crippen LogP contribution in [0.4, 0.5) is 4.79 Å². The highest BCUT2D eigenvalue weighted by atomic mass is 16.5. The van der Waals surface area contributed by atoms with E-state index in [-0.39, 0.29) is 25.7 Å². The van der Waals surface area contributed by atoms with Crippen molar-refractivity contribution < 1.29 is 29.0 Å².